The summed E-state index contributed by atoms with van der Waals surface area (Å²) >= 11 is 19.9. The van der Waals surface area contributed by atoms with Gasteiger partial charge in [0.05, 0.1) is 0 Å². The molecule has 2 aromatic carbocycles. The first-order valence-electron chi connectivity index (χ1n) is 10.2. The van der Waals surface area contributed by atoms with E-state index in [1.807, 2.05) is 38.1 Å². The Morgan fingerprint density at radius 2 is 1.71 bits per heavy atom. The molecule has 8 heteroatoms. The van der Waals surface area contributed by atoms with Crippen molar-refractivity contribution in [2.75, 3.05) is 12.3 Å². The van der Waals surface area contributed by atoms with Gasteiger partial charge in [0, 0.05) is 45.2 Å². The van der Waals surface area contributed by atoms with E-state index in [0.717, 1.165) is 16.9 Å². The third kappa shape index (κ3) is 8.23. The fraction of sp³-hybridized carbons (Fsp3) is 0.391. The van der Waals surface area contributed by atoms with Crippen LogP contribution in [-0.2, 0) is 16.1 Å². The Morgan fingerprint density at radius 1 is 1.03 bits per heavy atom. The van der Waals surface area contributed by atoms with Crippen molar-refractivity contribution in [3.05, 3.63) is 63.1 Å². The van der Waals surface area contributed by atoms with Crippen molar-refractivity contribution in [2.45, 2.75) is 50.6 Å². The van der Waals surface area contributed by atoms with E-state index in [0.29, 0.717) is 40.2 Å². The molecule has 2 rings (SSSR count). The summed E-state index contributed by atoms with van der Waals surface area (Å²) in [5.41, 5.74) is 0.756. The summed E-state index contributed by atoms with van der Waals surface area (Å²) in [4.78, 5) is 28.6. The minimum atomic E-state index is -0.564. The van der Waals surface area contributed by atoms with Crippen LogP contribution in [0.3, 0.4) is 0 Å². The number of hydrogen-bond donors (Lipinski definition) is 1. The number of benzene rings is 2. The first kappa shape index (κ1) is 25.9. The van der Waals surface area contributed by atoms with E-state index < -0.39 is 6.04 Å². The van der Waals surface area contributed by atoms with Crippen LogP contribution in [-0.4, -0.2) is 35.1 Å². The largest absolute Gasteiger partial charge is 0.354 e. The number of nitrogens with zero attached hydrogens (tertiary/aromatic N) is 1. The summed E-state index contributed by atoms with van der Waals surface area (Å²) < 4.78 is 0. The number of thioether (sulfide) groups is 1. The molecule has 0 fully saturated rings. The minimum Gasteiger partial charge on any atom is -0.354 e. The molecule has 0 aliphatic carbocycles. The quantitative estimate of drug-likeness (QED) is 0.359. The monoisotopic (exact) mass is 500 g/mol. The maximum Gasteiger partial charge on any atom is 0.242 e. The molecule has 1 N–H and O–H groups in total. The van der Waals surface area contributed by atoms with Crippen LogP contribution in [0.15, 0.2) is 47.4 Å². The summed E-state index contributed by atoms with van der Waals surface area (Å²) in [6.45, 7) is 4.72. The maximum absolute atomic E-state index is 13.2. The van der Waals surface area contributed by atoms with Crippen molar-refractivity contribution in [3.8, 4) is 0 Å². The molecule has 0 saturated heterocycles. The van der Waals surface area contributed by atoms with E-state index >= 15 is 0 Å². The molecule has 2 aromatic rings. The van der Waals surface area contributed by atoms with Crippen LogP contribution in [0.2, 0.25) is 15.1 Å². The third-order valence-electron chi connectivity index (χ3n) is 4.69. The fourth-order valence-corrected chi connectivity index (χ4v) is 4.48. The van der Waals surface area contributed by atoms with Crippen LogP contribution in [0.5, 0.6) is 0 Å². The molecule has 1 atom stereocenters. The van der Waals surface area contributed by atoms with Crippen molar-refractivity contribution >= 4 is 58.4 Å². The molecule has 1 unspecified atom stereocenters. The maximum atomic E-state index is 13.2. The second kappa shape index (κ2) is 13.2. The Kier molecular flexibility index (Phi) is 11.0. The van der Waals surface area contributed by atoms with E-state index in [9.17, 15) is 9.59 Å². The van der Waals surface area contributed by atoms with Crippen LogP contribution in [0.25, 0.3) is 0 Å². The van der Waals surface area contributed by atoms with Crippen molar-refractivity contribution in [2.24, 2.45) is 0 Å². The number of rotatable bonds is 11. The van der Waals surface area contributed by atoms with Gasteiger partial charge in [-0.15, -0.1) is 11.8 Å². The van der Waals surface area contributed by atoms with Gasteiger partial charge in [-0.1, -0.05) is 54.7 Å². The van der Waals surface area contributed by atoms with Crippen molar-refractivity contribution in [3.63, 3.8) is 0 Å². The molecule has 0 heterocycles. The predicted molar refractivity (Wildman–Crippen MR) is 131 cm³/mol. The van der Waals surface area contributed by atoms with Gasteiger partial charge < -0.3 is 10.2 Å². The second-order valence-electron chi connectivity index (χ2n) is 7.02. The molecule has 0 aliphatic rings. The lowest BCUT2D eigenvalue weighted by Gasteiger charge is -2.31. The highest BCUT2D eigenvalue weighted by Gasteiger charge is 2.28. The Morgan fingerprint density at radius 3 is 2.32 bits per heavy atom. The molecule has 168 valence electrons. The molecule has 2 amide bonds. The Labute approximate surface area is 203 Å². The number of carbonyl (C=O) groups excluding carboxylic acids is 2. The Bertz CT molecular complexity index is 878. The normalized spacial score (nSPS) is 11.8. The molecule has 0 aliphatic heterocycles. The van der Waals surface area contributed by atoms with E-state index in [1.165, 1.54) is 0 Å². The SMILES string of the molecule is CCCNC(=O)C(CC)N(Cc1ccc(Cl)cc1Cl)C(=O)CCSc1ccc(Cl)cc1. The lowest BCUT2D eigenvalue weighted by atomic mass is 10.1. The van der Waals surface area contributed by atoms with E-state index in [1.54, 1.807) is 34.9 Å². The van der Waals surface area contributed by atoms with Gasteiger partial charge in [-0.2, -0.15) is 0 Å². The van der Waals surface area contributed by atoms with Crippen LogP contribution in [0, 0.1) is 0 Å². The average molecular weight is 502 g/mol. The topological polar surface area (TPSA) is 49.4 Å². The summed E-state index contributed by atoms with van der Waals surface area (Å²) in [7, 11) is 0. The molecular weight excluding hydrogens is 475 g/mol. The lowest BCUT2D eigenvalue weighted by molar-refractivity contribution is -0.141. The van der Waals surface area contributed by atoms with Crippen LogP contribution in [0.4, 0.5) is 0 Å². The second-order valence-corrected chi connectivity index (χ2v) is 9.47. The Hall–Kier alpha value is -1.40. The van der Waals surface area contributed by atoms with Gasteiger partial charge in [-0.25, -0.2) is 0 Å². The highest BCUT2D eigenvalue weighted by atomic mass is 35.5. The van der Waals surface area contributed by atoms with Gasteiger partial charge in [-0.3, -0.25) is 9.59 Å². The summed E-state index contributed by atoms with van der Waals surface area (Å²) in [5.74, 6) is 0.359. The molecule has 0 bridgehead atoms. The van der Waals surface area contributed by atoms with Crippen LogP contribution < -0.4 is 5.32 Å². The van der Waals surface area contributed by atoms with E-state index in [-0.39, 0.29) is 18.4 Å². The minimum absolute atomic E-state index is 0.0917. The molecule has 0 saturated carbocycles. The van der Waals surface area contributed by atoms with Gasteiger partial charge in [0.15, 0.2) is 0 Å². The van der Waals surface area contributed by atoms with Gasteiger partial charge in [0.25, 0.3) is 0 Å². The smallest absolute Gasteiger partial charge is 0.242 e. The molecule has 0 radical (unpaired) electrons. The molecule has 4 nitrogen and oxygen atoms in total. The fourth-order valence-electron chi connectivity index (χ4n) is 3.05. The zero-order valence-corrected chi connectivity index (χ0v) is 20.8. The van der Waals surface area contributed by atoms with Gasteiger partial charge in [-0.05, 0) is 54.8 Å². The summed E-state index contributed by atoms with van der Waals surface area (Å²) in [5, 5.41) is 4.59. The number of hydrogen-bond acceptors (Lipinski definition) is 3. The molecule has 0 aromatic heterocycles. The first-order valence-corrected chi connectivity index (χ1v) is 12.4. The van der Waals surface area contributed by atoms with Gasteiger partial charge in [0.1, 0.15) is 6.04 Å². The summed E-state index contributed by atoms with van der Waals surface area (Å²) in [6, 6.07) is 12.1. The van der Waals surface area contributed by atoms with Gasteiger partial charge >= 0.3 is 0 Å². The van der Waals surface area contributed by atoms with Crippen molar-refractivity contribution in [1.29, 1.82) is 0 Å². The summed E-state index contributed by atoms with van der Waals surface area (Å²) in [6.07, 6.45) is 1.64. The third-order valence-corrected chi connectivity index (χ3v) is 6.54. The highest BCUT2D eigenvalue weighted by molar-refractivity contribution is 7.99. The average Bonchev–Trinajstić information content (AvgIpc) is 2.74. The zero-order chi connectivity index (χ0) is 22.8. The first-order chi connectivity index (χ1) is 14.8. The molecule has 0 spiro atoms. The number of amides is 2. The molecule has 31 heavy (non-hydrogen) atoms. The Balaban J connectivity index is 2.14. The predicted octanol–water partition coefficient (Wildman–Crippen LogP) is 6.46. The van der Waals surface area contributed by atoms with Crippen LogP contribution in [0.1, 0.15) is 38.7 Å². The zero-order valence-electron chi connectivity index (χ0n) is 17.7. The van der Waals surface area contributed by atoms with E-state index in [4.69, 9.17) is 34.8 Å². The lowest BCUT2D eigenvalue weighted by Crippen LogP contribution is -2.49. The number of halogens is 3. The molecular formula is C23H27Cl3N2O2S. The van der Waals surface area contributed by atoms with Crippen molar-refractivity contribution in [1.82, 2.24) is 10.2 Å². The highest BCUT2D eigenvalue weighted by Crippen LogP contribution is 2.25. The number of carbonyl (C=O) groups is 2. The standard InChI is InChI=1S/C23H27Cl3N2O2S/c1-3-12-27-23(30)21(4-2)28(15-16-5-6-18(25)14-20(16)26)22(29)11-13-31-19-9-7-17(24)8-10-19/h5-10,14,21H,3-4,11-13,15H2,1-2H3,(H,27,30). The van der Waals surface area contributed by atoms with Crippen LogP contribution >= 0.6 is 46.6 Å². The van der Waals surface area contributed by atoms with Crippen molar-refractivity contribution < 1.29 is 9.59 Å². The number of nitrogens with one attached hydrogen (secondary N) is 1. The van der Waals surface area contributed by atoms with Gasteiger partial charge in [0.2, 0.25) is 11.8 Å². The van der Waals surface area contributed by atoms with E-state index in [2.05, 4.69) is 5.32 Å².